The molecule has 0 unspecified atom stereocenters. The molecule has 4 heteroatoms. The summed E-state index contributed by atoms with van der Waals surface area (Å²) in [6, 6.07) is 14.9. The highest BCUT2D eigenvalue weighted by Gasteiger charge is 2.30. The minimum absolute atomic E-state index is 0.474. The fourth-order valence-electron chi connectivity index (χ4n) is 3.01. The lowest BCUT2D eigenvalue weighted by molar-refractivity contribution is 0.622. The summed E-state index contributed by atoms with van der Waals surface area (Å²) >= 11 is 0. The number of rotatable bonds is 4. The molecule has 1 saturated carbocycles. The highest BCUT2D eigenvalue weighted by Crippen LogP contribution is 2.41. The van der Waals surface area contributed by atoms with Gasteiger partial charge in [0.15, 0.2) is 0 Å². The Kier molecular flexibility index (Phi) is 2.97. The van der Waals surface area contributed by atoms with Crippen molar-refractivity contribution in [3.63, 3.8) is 0 Å². The molecule has 4 rings (SSSR count). The van der Waals surface area contributed by atoms with Crippen LogP contribution in [0, 0.1) is 0 Å². The second-order valence-electron chi connectivity index (χ2n) is 5.70. The summed E-state index contributed by atoms with van der Waals surface area (Å²) < 4.78 is 2.04. The molecule has 1 aliphatic rings. The van der Waals surface area contributed by atoms with Crippen molar-refractivity contribution in [1.82, 2.24) is 15.0 Å². The maximum Gasteiger partial charge on any atom is 0.0997 e. The Bertz CT molecular complexity index is 781. The van der Waals surface area contributed by atoms with Crippen molar-refractivity contribution in [3.05, 3.63) is 59.4 Å². The number of fused-ring (bicyclic) bond motifs is 1. The molecule has 0 bridgehead atoms. The van der Waals surface area contributed by atoms with Crippen LogP contribution >= 0.6 is 0 Å². The monoisotopic (exact) mass is 278 g/mol. The molecule has 0 radical (unpaired) electrons. The molecule has 0 amide bonds. The predicted octanol–water partition coefficient (Wildman–Crippen LogP) is 2.82. The summed E-state index contributed by atoms with van der Waals surface area (Å²) in [7, 11) is 0. The first-order valence-electron chi connectivity index (χ1n) is 7.46. The zero-order valence-electron chi connectivity index (χ0n) is 11.9. The average molecular weight is 278 g/mol. The van der Waals surface area contributed by atoms with Crippen LogP contribution in [-0.4, -0.2) is 15.0 Å². The molecule has 2 N–H and O–H groups in total. The van der Waals surface area contributed by atoms with E-state index in [1.54, 1.807) is 0 Å². The fraction of sp³-hybridized carbons (Fsp3) is 0.294. The maximum absolute atomic E-state index is 5.80. The first kappa shape index (κ1) is 12.5. The van der Waals surface area contributed by atoms with Crippen molar-refractivity contribution < 1.29 is 0 Å². The van der Waals surface area contributed by atoms with Gasteiger partial charge >= 0.3 is 0 Å². The molecule has 106 valence electrons. The van der Waals surface area contributed by atoms with Crippen LogP contribution in [0.2, 0.25) is 0 Å². The second kappa shape index (κ2) is 4.97. The lowest BCUT2D eigenvalue weighted by atomic mass is 10.0. The predicted molar refractivity (Wildman–Crippen MR) is 82.9 cm³/mol. The van der Waals surface area contributed by atoms with E-state index in [2.05, 4.69) is 52.8 Å². The molecular weight excluding hydrogens is 260 g/mol. The van der Waals surface area contributed by atoms with Crippen LogP contribution in [0.3, 0.4) is 0 Å². The number of nitrogens with zero attached hydrogens (tertiary/aromatic N) is 3. The van der Waals surface area contributed by atoms with Crippen molar-refractivity contribution in [2.45, 2.75) is 31.8 Å². The second-order valence-corrected chi connectivity index (χ2v) is 5.70. The number of benzene rings is 2. The Hall–Kier alpha value is -2.20. The summed E-state index contributed by atoms with van der Waals surface area (Å²) in [5.74, 6) is 0.605. The average Bonchev–Trinajstić information content (AvgIpc) is 3.29. The van der Waals surface area contributed by atoms with Crippen molar-refractivity contribution in [2.24, 2.45) is 5.73 Å². The van der Waals surface area contributed by atoms with Crippen LogP contribution < -0.4 is 5.73 Å². The number of nitrogens with two attached hydrogens (primary N) is 1. The summed E-state index contributed by atoms with van der Waals surface area (Å²) in [6.45, 7) is 1.24. The molecule has 0 atom stereocenters. The number of hydrogen-bond donors (Lipinski definition) is 1. The van der Waals surface area contributed by atoms with E-state index in [1.807, 2.05) is 4.68 Å². The van der Waals surface area contributed by atoms with Crippen molar-refractivity contribution in [1.29, 1.82) is 0 Å². The van der Waals surface area contributed by atoms with Crippen molar-refractivity contribution in [2.75, 3.05) is 0 Å². The minimum Gasteiger partial charge on any atom is -0.325 e. The molecule has 1 fully saturated rings. The van der Waals surface area contributed by atoms with Crippen molar-refractivity contribution >= 4 is 10.8 Å². The summed E-state index contributed by atoms with van der Waals surface area (Å²) in [5, 5.41) is 11.1. The number of hydrogen-bond acceptors (Lipinski definition) is 3. The van der Waals surface area contributed by atoms with Crippen LogP contribution in [0.4, 0.5) is 0 Å². The van der Waals surface area contributed by atoms with Crippen LogP contribution in [-0.2, 0) is 13.1 Å². The van der Waals surface area contributed by atoms with Crippen molar-refractivity contribution in [3.8, 4) is 0 Å². The van der Waals surface area contributed by atoms with Gasteiger partial charge in [0.2, 0.25) is 0 Å². The summed E-state index contributed by atoms with van der Waals surface area (Å²) in [6.07, 6.45) is 2.46. The molecule has 0 spiro atoms. The highest BCUT2D eigenvalue weighted by atomic mass is 15.4. The molecule has 1 heterocycles. The molecule has 0 aliphatic heterocycles. The maximum atomic E-state index is 5.80. The largest absolute Gasteiger partial charge is 0.325 e. The van der Waals surface area contributed by atoms with Gasteiger partial charge in [0.1, 0.15) is 0 Å². The molecule has 2 aromatic carbocycles. The SMILES string of the molecule is NCc1nnn(Cc2cccc3ccccc23)c1C1CC1. The van der Waals surface area contributed by atoms with Gasteiger partial charge in [-0.05, 0) is 29.2 Å². The van der Waals surface area contributed by atoms with Gasteiger partial charge in [0.25, 0.3) is 0 Å². The molecule has 1 aliphatic carbocycles. The minimum atomic E-state index is 0.474. The quantitative estimate of drug-likeness (QED) is 0.798. The standard InChI is InChI=1S/C17H18N4/c18-10-16-17(13-8-9-13)21(20-19-16)11-14-6-3-5-12-4-1-2-7-15(12)14/h1-7,13H,8-11,18H2. The van der Waals surface area contributed by atoms with Gasteiger partial charge < -0.3 is 5.73 Å². The molecule has 1 aromatic heterocycles. The van der Waals surface area contributed by atoms with Gasteiger partial charge in [-0.1, -0.05) is 47.7 Å². The van der Waals surface area contributed by atoms with E-state index in [0.29, 0.717) is 12.5 Å². The molecule has 3 aromatic rings. The zero-order chi connectivity index (χ0) is 14.2. The van der Waals surface area contributed by atoms with E-state index in [9.17, 15) is 0 Å². The van der Waals surface area contributed by atoms with E-state index in [-0.39, 0.29) is 0 Å². The molecule has 4 nitrogen and oxygen atoms in total. The van der Waals surface area contributed by atoms with E-state index in [1.165, 1.54) is 34.9 Å². The number of aromatic nitrogens is 3. The van der Waals surface area contributed by atoms with E-state index >= 15 is 0 Å². The Morgan fingerprint density at radius 1 is 1.10 bits per heavy atom. The Morgan fingerprint density at radius 3 is 2.71 bits per heavy atom. The molecule has 0 saturated heterocycles. The summed E-state index contributed by atoms with van der Waals surface area (Å²) in [4.78, 5) is 0. The lowest BCUT2D eigenvalue weighted by Crippen LogP contribution is -2.08. The molecule has 21 heavy (non-hydrogen) atoms. The third kappa shape index (κ3) is 2.21. The third-order valence-electron chi connectivity index (χ3n) is 4.20. The first-order chi connectivity index (χ1) is 10.4. The van der Waals surface area contributed by atoms with Gasteiger partial charge in [0.05, 0.1) is 17.9 Å². The Balaban J connectivity index is 1.77. The first-order valence-corrected chi connectivity index (χ1v) is 7.46. The Labute approximate surface area is 123 Å². The van der Waals surface area contributed by atoms with Gasteiger partial charge in [-0.25, -0.2) is 4.68 Å². The summed E-state index contributed by atoms with van der Waals surface area (Å²) in [5.41, 5.74) is 9.28. The third-order valence-corrected chi connectivity index (χ3v) is 4.20. The molecular formula is C17H18N4. The Morgan fingerprint density at radius 2 is 1.90 bits per heavy atom. The van der Waals surface area contributed by atoms with Crippen LogP contribution in [0.15, 0.2) is 42.5 Å². The van der Waals surface area contributed by atoms with Crippen LogP contribution in [0.25, 0.3) is 10.8 Å². The van der Waals surface area contributed by atoms with Crippen LogP contribution in [0.5, 0.6) is 0 Å². The van der Waals surface area contributed by atoms with Crippen LogP contribution in [0.1, 0.15) is 35.7 Å². The fourth-order valence-corrected chi connectivity index (χ4v) is 3.01. The smallest absolute Gasteiger partial charge is 0.0997 e. The zero-order valence-corrected chi connectivity index (χ0v) is 11.9. The van der Waals surface area contributed by atoms with Gasteiger partial charge in [0, 0.05) is 12.5 Å². The lowest BCUT2D eigenvalue weighted by Gasteiger charge is -2.09. The van der Waals surface area contributed by atoms with Gasteiger partial charge in [-0.3, -0.25) is 0 Å². The van der Waals surface area contributed by atoms with Gasteiger partial charge in [-0.2, -0.15) is 0 Å². The van der Waals surface area contributed by atoms with E-state index in [4.69, 9.17) is 5.73 Å². The van der Waals surface area contributed by atoms with E-state index in [0.717, 1.165) is 12.2 Å². The van der Waals surface area contributed by atoms with Gasteiger partial charge in [-0.15, -0.1) is 5.10 Å². The highest BCUT2D eigenvalue weighted by molar-refractivity contribution is 5.85. The normalized spacial score (nSPS) is 14.7. The van der Waals surface area contributed by atoms with E-state index < -0.39 is 0 Å². The topological polar surface area (TPSA) is 56.7 Å².